The Morgan fingerprint density at radius 1 is 0.870 bits per heavy atom. The monoisotopic (exact) mass is 321 g/mol. The molecule has 5 heteroatoms. The van der Waals surface area contributed by atoms with Crippen molar-refractivity contribution < 1.29 is 19.1 Å². The lowest BCUT2D eigenvalue weighted by atomic mass is 9.89. The number of anilines is 1. The van der Waals surface area contributed by atoms with Crippen LogP contribution in [0.25, 0.3) is 0 Å². The molecule has 0 aliphatic heterocycles. The Morgan fingerprint density at radius 3 is 1.61 bits per heavy atom. The lowest BCUT2D eigenvalue weighted by molar-refractivity contribution is -0.150. The van der Waals surface area contributed by atoms with Gasteiger partial charge in [0.05, 0.1) is 25.0 Å². The Hall–Kier alpha value is -2.04. The number of benzene rings is 1. The summed E-state index contributed by atoms with van der Waals surface area (Å²) in [5.74, 6) is -0.566. The van der Waals surface area contributed by atoms with Gasteiger partial charge in [0.15, 0.2) is 0 Å². The van der Waals surface area contributed by atoms with Crippen LogP contribution in [0, 0.1) is 10.8 Å². The van der Waals surface area contributed by atoms with Gasteiger partial charge in [-0.25, -0.2) is 0 Å². The minimum atomic E-state index is -0.698. The molecule has 0 aromatic heterocycles. The average Bonchev–Trinajstić information content (AvgIpc) is 2.52. The highest BCUT2D eigenvalue weighted by Gasteiger charge is 2.36. The summed E-state index contributed by atoms with van der Waals surface area (Å²) in [4.78, 5) is 26.1. The molecule has 0 unspecified atom stereocenters. The van der Waals surface area contributed by atoms with Gasteiger partial charge in [-0.3, -0.25) is 9.59 Å². The maximum Gasteiger partial charge on any atom is 0.313 e. The molecule has 0 bridgehead atoms. The van der Waals surface area contributed by atoms with Crippen LogP contribution in [0.5, 0.6) is 0 Å². The molecular weight excluding hydrogens is 294 g/mol. The van der Waals surface area contributed by atoms with Crippen LogP contribution in [0.3, 0.4) is 0 Å². The summed E-state index contributed by atoms with van der Waals surface area (Å²) in [6.07, 6.45) is 0. The summed E-state index contributed by atoms with van der Waals surface area (Å²) in [5.41, 5.74) is -0.449. The highest BCUT2D eigenvalue weighted by Crippen LogP contribution is 2.28. The Labute approximate surface area is 138 Å². The van der Waals surface area contributed by atoms with Crippen LogP contribution >= 0.6 is 0 Å². The average molecular weight is 321 g/mol. The van der Waals surface area contributed by atoms with Crippen LogP contribution in [-0.4, -0.2) is 39.2 Å². The maximum absolute atomic E-state index is 12.0. The first-order valence-electron chi connectivity index (χ1n) is 7.61. The van der Waals surface area contributed by atoms with Crippen molar-refractivity contribution in [1.29, 1.82) is 0 Å². The zero-order valence-corrected chi connectivity index (χ0v) is 14.9. The van der Waals surface area contributed by atoms with E-state index in [0.29, 0.717) is 13.1 Å². The van der Waals surface area contributed by atoms with Crippen molar-refractivity contribution in [1.82, 2.24) is 0 Å². The summed E-state index contributed by atoms with van der Waals surface area (Å²) in [6, 6.07) is 9.71. The van der Waals surface area contributed by atoms with Gasteiger partial charge in [0, 0.05) is 18.8 Å². The number of carbonyl (C=O) groups is 2. The molecule has 0 saturated carbocycles. The summed E-state index contributed by atoms with van der Waals surface area (Å²) in [7, 11) is 2.77. The number of para-hydroxylation sites is 1. The topological polar surface area (TPSA) is 55.8 Å². The smallest absolute Gasteiger partial charge is 0.313 e. The highest BCUT2D eigenvalue weighted by molar-refractivity contribution is 5.78. The first kappa shape index (κ1) is 19.0. The number of hydrogen-bond donors (Lipinski definition) is 0. The first-order chi connectivity index (χ1) is 10.6. The molecule has 0 fully saturated rings. The molecule has 0 aliphatic rings. The molecule has 0 saturated heterocycles. The van der Waals surface area contributed by atoms with Crippen LogP contribution in [0.4, 0.5) is 5.69 Å². The molecule has 0 aliphatic carbocycles. The van der Waals surface area contributed by atoms with Gasteiger partial charge in [-0.1, -0.05) is 18.2 Å². The van der Waals surface area contributed by atoms with E-state index in [9.17, 15) is 9.59 Å². The van der Waals surface area contributed by atoms with Crippen molar-refractivity contribution in [2.45, 2.75) is 27.7 Å². The summed E-state index contributed by atoms with van der Waals surface area (Å²) in [6.45, 7) is 8.20. The highest BCUT2D eigenvalue weighted by atomic mass is 16.5. The summed E-state index contributed by atoms with van der Waals surface area (Å²) >= 11 is 0. The minimum Gasteiger partial charge on any atom is -0.469 e. The standard InChI is InChI=1S/C18H27NO4/c1-17(2,15(20)22-5)12-19(14-10-8-7-9-11-14)13-18(3,4)16(21)23-6/h7-11H,12-13H2,1-6H3. The zero-order valence-electron chi connectivity index (χ0n) is 14.9. The van der Waals surface area contributed by atoms with Gasteiger partial charge >= 0.3 is 11.9 Å². The molecule has 0 radical (unpaired) electrons. The van der Waals surface area contributed by atoms with Crippen LogP contribution < -0.4 is 4.90 Å². The van der Waals surface area contributed by atoms with Gasteiger partial charge in [0.2, 0.25) is 0 Å². The molecule has 5 nitrogen and oxygen atoms in total. The molecule has 0 N–H and O–H groups in total. The predicted octanol–water partition coefficient (Wildman–Crippen LogP) is 2.89. The maximum atomic E-state index is 12.0. The fourth-order valence-corrected chi connectivity index (χ4v) is 2.51. The van der Waals surface area contributed by atoms with Crippen molar-refractivity contribution in [3.8, 4) is 0 Å². The number of ether oxygens (including phenoxy) is 2. The predicted molar refractivity (Wildman–Crippen MR) is 90.2 cm³/mol. The largest absolute Gasteiger partial charge is 0.469 e. The zero-order chi connectivity index (χ0) is 17.7. The van der Waals surface area contributed by atoms with Gasteiger partial charge in [0.25, 0.3) is 0 Å². The molecule has 0 heterocycles. The number of methoxy groups -OCH3 is 2. The van der Waals surface area contributed by atoms with E-state index in [0.717, 1.165) is 5.69 Å². The van der Waals surface area contributed by atoms with Crippen molar-refractivity contribution in [2.75, 3.05) is 32.2 Å². The van der Waals surface area contributed by atoms with E-state index in [1.165, 1.54) is 14.2 Å². The van der Waals surface area contributed by atoms with Crippen LogP contribution in [-0.2, 0) is 19.1 Å². The van der Waals surface area contributed by atoms with Crippen LogP contribution in [0.15, 0.2) is 30.3 Å². The Bertz CT molecular complexity index is 507. The third kappa shape index (κ3) is 4.98. The van der Waals surface area contributed by atoms with Gasteiger partial charge in [-0.2, -0.15) is 0 Å². The molecule has 0 amide bonds. The van der Waals surface area contributed by atoms with Crippen molar-refractivity contribution >= 4 is 17.6 Å². The van der Waals surface area contributed by atoms with E-state index >= 15 is 0 Å². The Morgan fingerprint density at radius 2 is 1.26 bits per heavy atom. The molecule has 0 atom stereocenters. The molecular formula is C18H27NO4. The SMILES string of the molecule is COC(=O)C(C)(C)CN(CC(C)(C)C(=O)OC)c1ccccc1. The number of nitrogens with zero attached hydrogens (tertiary/aromatic N) is 1. The molecule has 1 aromatic carbocycles. The normalized spacial score (nSPS) is 11.7. The Balaban J connectivity index is 3.09. The van der Waals surface area contributed by atoms with E-state index in [4.69, 9.17) is 9.47 Å². The molecule has 1 rings (SSSR count). The third-order valence-corrected chi connectivity index (χ3v) is 3.77. The molecule has 0 spiro atoms. The van der Waals surface area contributed by atoms with Crippen molar-refractivity contribution in [3.05, 3.63) is 30.3 Å². The second kappa shape index (κ2) is 7.49. The van der Waals surface area contributed by atoms with Gasteiger partial charge in [-0.05, 0) is 39.8 Å². The van der Waals surface area contributed by atoms with Gasteiger partial charge < -0.3 is 14.4 Å². The number of hydrogen-bond acceptors (Lipinski definition) is 5. The fourth-order valence-electron chi connectivity index (χ4n) is 2.51. The lowest BCUT2D eigenvalue weighted by Gasteiger charge is -2.36. The van der Waals surface area contributed by atoms with E-state index in [-0.39, 0.29) is 11.9 Å². The molecule has 23 heavy (non-hydrogen) atoms. The van der Waals surface area contributed by atoms with Crippen LogP contribution in [0.1, 0.15) is 27.7 Å². The third-order valence-electron chi connectivity index (χ3n) is 3.77. The van der Waals surface area contributed by atoms with E-state index in [1.54, 1.807) is 0 Å². The minimum absolute atomic E-state index is 0.283. The number of esters is 2. The van der Waals surface area contributed by atoms with Gasteiger partial charge in [-0.15, -0.1) is 0 Å². The summed E-state index contributed by atoms with van der Waals surface area (Å²) < 4.78 is 9.79. The lowest BCUT2D eigenvalue weighted by Crippen LogP contribution is -2.46. The van der Waals surface area contributed by atoms with E-state index < -0.39 is 10.8 Å². The molecule has 1 aromatic rings. The molecule has 128 valence electrons. The van der Waals surface area contributed by atoms with Crippen LogP contribution in [0.2, 0.25) is 0 Å². The van der Waals surface area contributed by atoms with E-state index in [1.807, 2.05) is 62.9 Å². The second-order valence-electron chi connectivity index (χ2n) is 6.94. The van der Waals surface area contributed by atoms with Crippen molar-refractivity contribution in [2.24, 2.45) is 10.8 Å². The van der Waals surface area contributed by atoms with Crippen molar-refractivity contribution in [3.63, 3.8) is 0 Å². The second-order valence-corrected chi connectivity index (χ2v) is 6.94. The van der Waals surface area contributed by atoms with Gasteiger partial charge in [0.1, 0.15) is 0 Å². The Kier molecular flexibility index (Phi) is 6.19. The van der Waals surface area contributed by atoms with E-state index in [2.05, 4.69) is 0 Å². The number of rotatable bonds is 7. The summed E-state index contributed by atoms with van der Waals surface area (Å²) in [5, 5.41) is 0. The quantitative estimate of drug-likeness (QED) is 0.723. The first-order valence-corrected chi connectivity index (χ1v) is 7.61. The fraction of sp³-hybridized carbons (Fsp3) is 0.556. The number of carbonyl (C=O) groups excluding carboxylic acids is 2.